The molecule has 3 aromatic carbocycles. The van der Waals surface area contributed by atoms with E-state index >= 15 is 0 Å². The van der Waals surface area contributed by atoms with Crippen molar-refractivity contribution in [1.82, 2.24) is 9.55 Å². The molecule has 0 atom stereocenters. The number of ketones is 1. The number of hydrogen-bond acceptors (Lipinski definition) is 2. The van der Waals surface area contributed by atoms with E-state index in [0.29, 0.717) is 11.1 Å². The predicted molar refractivity (Wildman–Crippen MR) is 109 cm³/mol. The lowest BCUT2D eigenvalue weighted by atomic mass is 10.0. The molecular weight excluding hydrogens is 332 g/mol. The van der Waals surface area contributed by atoms with Crippen molar-refractivity contribution in [3.63, 3.8) is 0 Å². The van der Waals surface area contributed by atoms with Gasteiger partial charge in [0, 0.05) is 24.1 Å². The summed E-state index contributed by atoms with van der Waals surface area (Å²) in [6.07, 6.45) is 1.96. The molecule has 0 aliphatic carbocycles. The van der Waals surface area contributed by atoms with Gasteiger partial charge in [-0.15, -0.1) is 0 Å². The Labute approximate surface area is 159 Å². The van der Waals surface area contributed by atoms with Crippen molar-refractivity contribution in [2.24, 2.45) is 0 Å². The highest BCUT2D eigenvalue weighted by Gasteiger charge is 2.14. The van der Waals surface area contributed by atoms with Crippen molar-refractivity contribution in [2.75, 3.05) is 0 Å². The summed E-state index contributed by atoms with van der Waals surface area (Å²) in [5.74, 6) is 1.10. The van der Waals surface area contributed by atoms with E-state index in [2.05, 4.69) is 35.8 Å². The van der Waals surface area contributed by atoms with Gasteiger partial charge in [-0.25, -0.2) is 4.98 Å². The zero-order valence-electron chi connectivity index (χ0n) is 15.4. The third kappa shape index (κ3) is 3.54. The second-order valence-corrected chi connectivity index (χ2v) is 6.75. The lowest BCUT2D eigenvalue weighted by molar-refractivity contribution is 0.103. The third-order valence-electron chi connectivity index (χ3n) is 4.78. The van der Waals surface area contributed by atoms with Gasteiger partial charge in [-0.2, -0.15) is 0 Å². The second kappa shape index (κ2) is 7.58. The normalized spacial score (nSPS) is 11.0. The molecule has 0 saturated heterocycles. The van der Waals surface area contributed by atoms with E-state index in [9.17, 15) is 4.79 Å². The van der Waals surface area contributed by atoms with Crippen LogP contribution in [0.2, 0.25) is 0 Å². The van der Waals surface area contributed by atoms with Crippen molar-refractivity contribution in [3.8, 4) is 0 Å². The standard InChI is InChI=1S/C24H22N2O/c1-2-9-23-25-21-16-20(24(27)19-12-7-4-8-13-19)14-15-22(21)26(23)17-18-10-5-3-6-11-18/h3-8,10-16H,2,9,17H2,1H3. The van der Waals surface area contributed by atoms with Gasteiger partial charge in [-0.05, 0) is 30.2 Å². The minimum atomic E-state index is 0.0344. The van der Waals surface area contributed by atoms with Crippen LogP contribution in [0, 0.1) is 0 Å². The predicted octanol–water partition coefficient (Wildman–Crippen LogP) is 5.27. The van der Waals surface area contributed by atoms with Crippen LogP contribution in [0.1, 0.15) is 40.7 Å². The number of benzene rings is 3. The summed E-state index contributed by atoms with van der Waals surface area (Å²) in [5, 5.41) is 0. The van der Waals surface area contributed by atoms with E-state index in [4.69, 9.17) is 4.98 Å². The Balaban J connectivity index is 1.75. The largest absolute Gasteiger partial charge is 0.323 e. The Morgan fingerprint density at radius 3 is 2.30 bits per heavy atom. The smallest absolute Gasteiger partial charge is 0.193 e. The van der Waals surface area contributed by atoms with Crippen molar-refractivity contribution in [3.05, 3.63) is 101 Å². The highest BCUT2D eigenvalue weighted by Crippen LogP contribution is 2.22. The van der Waals surface area contributed by atoms with Crippen molar-refractivity contribution in [1.29, 1.82) is 0 Å². The summed E-state index contributed by atoms with van der Waals surface area (Å²) in [6, 6.07) is 25.7. The summed E-state index contributed by atoms with van der Waals surface area (Å²) in [5.41, 5.74) is 4.59. The highest BCUT2D eigenvalue weighted by molar-refractivity contribution is 6.10. The zero-order chi connectivity index (χ0) is 18.6. The average molecular weight is 354 g/mol. The lowest BCUT2D eigenvalue weighted by Crippen LogP contribution is -2.05. The van der Waals surface area contributed by atoms with Crippen LogP contribution in [0.25, 0.3) is 11.0 Å². The van der Waals surface area contributed by atoms with Crippen LogP contribution in [0.5, 0.6) is 0 Å². The monoisotopic (exact) mass is 354 g/mol. The first-order valence-corrected chi connectivity index (χ1v) is 9.39. The van der Waals surface area contributed by atoms with Gasteiger partial charge in [0.15, 0.2) is 5.78 Å². The molecule has 0 N–H and O–H groups in total. The molecule has 0 saturated carbocycles. The molecule has 0 aliphatic rings. The molecule has 4 rings (SSSR count). The van der Waals surface area contributed by atoms with Crippen molar-refractivity contribution < 1.29 is 4.79 Å². The molecular formula is C24H22N2O. The van der Waals surface area contributed by atoms with Gasteiger partial charge in [0.1, 0.15) is 5.82 Å². The SMILES string of the molecule is CCCc1nc2cc(C(=O)c3ccccc3)ccc2n1Cc1ccccc1. The van der Waals surface area contributed by atoms with Gasteiger partial charge in [0.05, 0.1) is 11.0 Å². The molecule has 0 aliphatic heterocycles. The van der Waals surface area contributed by atoms with Crippen LogP contribution < -0.4 is 0 Å². The Morgan fingerprint density at radius 2 is 1.59 bits per heavy atom. The topological polar surface area (TPSA) is 34.9 Å². The van der Waals surface area contributed by atoms with Crippen LogP contribution in [-0.4, -0.2) is 15.3 Å². The van der Waals surface area contributed by atoms with Crippen LogP contribution in [0.3, 0.4) is 0 Å². The fraction of sp³-hybridized carbons (Fsp3) is 0.167. The van der Waals surface area contributed by atoms with Gasteiger partial charge in [-0.1, -0.05) is 67.6 Å². The molecule has 27 heavy (non-hydrogen) atoms. The highest BCUT2D eigenvalue weighted by atomic mass is 16.1. The van der Waals surface area contributed by atoms with Crippen LogP contribution in [-0.2, 0) is 13.0 Å². The van der Waals surface area contributed by atoms with E-state index in [-0.39, 0.29) is 5.78 Å². The minimum Gasteiger partial charge on any atom is -0.323 e. The average Bonchev–Trinajstić information content (AvgIpc) is 3.05. The van der Waals surface area contributed by atoms with Crippen molar-refractivity contribution in [2.45, 2.75) is 26.3 Å². The molecule has 0 bridgehead atoms. The van der Waals surface area contributed by atoms with E-state index in [0.717, 1.165) is 36.2 Å². The molecule has 0 amide bonds. The van der Waals surface area contributed by atoms with E-state index in [1.54, 1.807) is 0 Å². The third-order valence-corrected chi connectivity index (χ3v) is 4.78. The Morgan fingerprint density at radius 1 is 0.889 bits per heavy atom. The van der Waals surface area contributed by atoms with Gasteiger partial charge in [-0.3, -0.25) is 4.79 Å². The molecule has 0 radical (unpaired) electrons. The van der Waals surface area contributed by atoms with E-state index in [1.807, 2.05) is 54.6 Å². The molecule has 0 unspecified atom stereocenters. The Hall–Kier alpha value is -3.20. The maximum atomic E-state index is 12.8. The first kappa shape index (κ1) is 17.2. The maximum absolute atomic E-state index is 12.8. The van der Waals surface area contributed by atoms with Crippen LogP contribution in [0.15, 0.2) is 78.9 Å². The first-order valence-electron chi connectivity index (χ1n) is 9.39. The van der Waals surface area contributed by atoms with Gasteiger partial charge >= 0.3 is 0 Å². The second-order valence-electron chi connectivity index (χ2n) is 6.75. The number of nitrogens with zero attached hydrogens (tertiary/aromatic N) is 2. The van der Waals surface area contributed by atoms with Crippen molar-refractivity contribution >= 4 is 16.8 Å². The molecule has 3 nitrogen and oxygen atoms in total. The Kier molecular flexibility index (Phi) is 4.84. The number of imidazole rings is 1. The van der Waals surface area contributed by atoms with Gasteiger partial charge in [0.25, 0.3) is 0 Å². The molecule has 0 spiro atoms. The molecule has 134 valence electrons. The number of aromatic nitrogens is 2. The lowest BCUT2D eigenvalue weighted by Gasteiger charge is -2.09. The quantitative estimate of drug-likeness (QED) is 0.442. The molecule has 1 heterocycles. The summed E-state index contributed by atoms with van der Waals surface area (Å²) in [6.45, 7) is 2.95. The maximum Gasteiger partial charge on any atom is 0.193 e. The number of hydrogen-bond donors (Lipinski definition) is 0. The number of aryl methyl sites for hydroxylation is 1. The van der Waals surface area contributed by atoms with Gasteiger partial charge < -0.3 is 4.57 Å². The zero-order valence-corrected chi connectivity index (χ0v) is 15.4. The Bertz CT molecular complexity index is 1070. The number of carbonyl (C=O) groups is 1. The molecule has 0 fully saturated rings. The first-order chi connectivity index (χ1) is 13.3. The van der Waals surface area contributed by atoms with E-state index in [1.165, 1.54) is 5.56 Å². The fourth-order valence-corrected chi connectivity index (χ4v) is 3.43. The van der Waals surface area contributed by atoms with Gasteiger partial charge in [0.2, 0.25) is 0 Å². The van der Waals surface area contributed by atoms with Crippen LogP contribution in [0.4, 0.5) is 0 Å². The number of rotatable bonds is 6. The summed E-state index contributed by atoms with van der Waals surface area (Å²) >= 11 is 0. The molecule has 4 aromatic rings. The summed E-state index contributed by atoms with van der Waals surface area (Å²) in [4.78, 5) is 17.6. The molecule has 3 heteroatoms. The number of carbonyl (C=O) groups excluding carboxylic acids is 1. The van der Waals surface area contributed by atoms with Crippen LogP contribution >= 0.6 is 0 Å². The van der Waals surface area contributed by atoms with E-state index < -0.39 is 0 Å². The summed E-state index contributed by atoms with van der Waals surface area (Å²) in [7, 11) is 0. The summed E-state index contributed by atoms with van der Waals surface area (Å²) < 4.78 is 2.27. The number of fused-ring (bicyclic) bond motifs is 1. The minimum absolute atomic E-state index is 0.0344. The molecule has 1 aromatic heterocycles. The fourth-order valence-electron chi connectivity index (χ4n) is 3.43.